The highest BCUT2D eigenvalue weighted by atomic mass is 79.9. The predicted octanol–water partition coefficient (Wildman–Crippen LogP) is 5.32. The lowest BCUT2D eigenvalue weighted by Gasteiger charge is -2.09. The highest BCUT2D eigenvalue weighted by molar-refractivity contribution is 9.10. The second kappa shape index (κ2) is 5.26. The third kappa shape index (κ3) is 2.52. The quantitative estimate of drug-likeness (QED) is 0.466. The molecule has 0 saturated carbocycles. The fourth-order valence-electron chi connectivity index (χ4n) is 2.38. The van der Waals surface area contributed by atoms with E-state index in [9.17, 15) is 14.5 Å². The number of nitro benzene ring substituents is 1. The van der Waals surface area contributed by atoms with Gasteiger partial charge < -0.3 is 0 Å². The Morgan fingerprint density at radius 3 is 2.52 bits per heavy atom. The summed E-state index contributed by atoms with van der Waals surface area (Å²) < 4.78 is 14.5. The molecule has 3 nitrogen and oxygen atoms in total. The van der Waals surface area contributed by atoms with Crippen LogP contribution in [0.5, 0.6) is 0 Å². The van der Waals surface area contributed by atoms with E-state index in [2.05, 4.69) is 15.9 Å². The van der Waals surface area contributed by atoms with Crippen LogP contribution in [0.3, 0.4) is 0 Å². The lowest BCUT2D eigenvalue weighted by Crippen LogP contribution is -1.93. The Kier molecular flexibility index (Phi) is 3.43. The molecule has 0 aliphatic rings. The lowest BCUT2D eigenvalue weighted by molar-refractivity contribution is -0.384. The number of benzene rings is 3. The fourth-order valence-corrected chi connectivity index (χ4v) is 2.74. The standard InChI is InChI=1S/C16H9BrFNO2/c17-11-5-6-16(19(20)21)15(8-11)14-9-12(18)7-10-3-1-2-4-13(10)14/h1-9H. The summed E-state index contributed by atoms with van der Waals surface area (Å²) in [5.41, 5.74) is 0.859. The summed E-state index contributed by atoms with van der Waals surface area (Å²) in [4.78, 5) is 10.8. The van der Waals surface area contributed by atoms with E-state index in [-0.39, 0.29) is 5.69 Å². The predicted molar refractivity (Wildman–Crippen MR) is 83.7 cm³/mol. The maximum Gasteiger partial charge on any atom is 0.277 e. The van der Waals surface area contributed by atoms with Crippen LogP contribution in [-0.2, 0) is 0 Å². The van der Waals surface area contributed by atoms with Gasteiger partial charge in [-0.1, -0.05) is 40.2 Å². The van der Waals surface area contributed by atoms with Crippen LogP contribution in [0.25, 0.3) is 21.9 Å². The molecule has 0 radical (unpaired) electrons. The minimum atomic E-state index is -0.457. The zero-order valence-electron chi connectivity index (χ0n) is 10.7. The Balaban J connectivity index is 2.40. The van der Waals surface area contributed by atoms with Crippen LogP contribution in [0.1, 0.15) is 0 Å². The molecule has 3 aromatic carbocycles. The van der Waals surface area contributed by atoms with Gasteiger partial charge in [0, 0.05) is 10.5 Å². The molecule has 0 spiro atoms. The molecule has 3 aromatic rings. The number of hydrogen-bond acceptors (Lipinski definition) is 2. The summed E-state index contributed by atoms with van der Waals surface area (Å²) in [5.74, 6) is -0.419. The van der Waals surface area contributed by atoms with Crippen LogP contribution in [0.2, 0.25) is 0 Å². The summed E-state index contributed by atoms with van der Waals surface area (Å²) in [6, 6.07) is 14.6. The van der Waals surface area contributed by atoms with E-state index in [0.29, 0.717) is 21.0 Å². The molecule has 0 unspecified atom stereocenters. The van der Waals surface area contributed by atoms with Gasteiger partial charge in [-0.15, -0.1) is 0 Å². The van der Waals surface area contributed by atoms with Gasteiger partial charge in [0.25, 0.3) is 5.69 Å². The molecule has 0 N–H and O–H groups in total. The molecule has 0 aliphatic carbocycles. The normalized spacial score (nSPS) is 10.8. The van der Waals surface area contributed by atoms with Crippen LogP contribution in [0.4, 0.5) is 10.1 Å². The number of fused-ring (bicyclic) bond motifs is 1. The highest BCUT2D eigenvalue weighted by Crippen LogP contribution is 2.37. The number of nitro groups is 1. The van der Waals surface area contributed by atoms with E-state index >= 15 is 0 Å². The molecule has 21 heavy (non-hydrogen) atoms. The van der Waals surface area contributed by atoms with Crippen molar-refractivity contribution in [3.63, 3.8) is 0 Å². The third-order valence-electron chi connectivity index (χ3n) is 3.27. The van der Waals surface area contributed by atoms with Gasteiger partial charge in [-0.2, -0.15) is 0 Å². The minimum Gasteiger partial charge on any atom is -0.258 e. The molecular weight excluding hydrogens is 337 g/mol. The monoisotopic (exact) mass is 345 g/mol. The van der Waals surface area contributed by atoms with Gasteiger partial charge in [-0.3, -0.25) is 10.1 Å². The minimum absolute atomic E-state index is 0.0473. The van der Waals surface area contributed by atoms with Crippen LogP contribution < -0.4 is 0 Å². The van der Waals surface area contributed by atoms with Crippen molar-refractivity contribution in [2.24, 2.45) is 0 Å². The topological polar surface area (TPSA) is 43.1 Å². The largest absolute Gasteiger partial charge is 0.277 e. The van der Waals surface area contributed by atoms with Crippen molar-refractivity contribution in [3.8, 4) is 11.1 Å². The first kappa shape index (κ1) is 13.7. The molecule has 0 aliphatic heterocycles. The summed E-state index contributed by atoms with van der Waals surface area (Å²) in [7, 11) is 0. The van der Waals surface area contributed by atoms with Crippen LogP contribution >= 0.6 is 15.9 Å². The second-order valence-electron chi connectivity index (χ2n) is 4.59. The van der Waals surface area contributed by atoms with Crippen molar-refractivity contribution < 1.29 is 9.31 Å². The van der Waals surface area contributed by atoms with E-state index in [1.807, 2.05) is 12.1 Å². The maximum absolute atomic E-state index is 13.8. The fraction of sp³-hybridized carbons (Fsp3) is 0. The molecule has 0 atom stereocenters. The number of rotatable bonds is 2. The highest BCUT2D eigenvalue weighted by Gasteiger charge is 2.18. The van der Waals surface area contributed by atoms with Gasteiger partial charge in [-0.25, -0.2) is 4.39 Å². The van der Waals surface area contributed by atoms with Gasteiger partial charge in [0.1, 0.15) is 5.82 Å². The molecule has 0 fully saturated rings. The summed E-state index contributed by atoms with van der Waals surface area (Å²) in [6.07, 6.45) is 0. The molecule has 5 heteroatoms. The summed E-state index contributed by atoms with van der Waals surface area (Å²) in [5, 5.41) is 12.7. The Bertz CT molecular complexity index is 864. The van der Waals surface area contributed by atoms with E-state index in [4.69, 9.17) is 0 Å². The van der Waals surface area contributed by atoms with Crippen molar-refractivity contribution >= 4 is 32.4 Å². The smallest absolute Gasteiger partial charge is 0.258 e. The Labute approximate surface area is 128 Å². The first-order valence-corrected chi connectivity index (χ1v) is 6.98. The zero-order chi connectivity index (χ0) is 15.0. The molecule has 0 aromatic heterocycles. The molecule has 104 valence electrons. The first-order valence-electron chi connectivity index (χ1n) is 6.19. The molecule has 3 rings (SSSR count). The number of hydrogen-bond donors (Lipinski definition) is 0. The van der Waals surface area contributed by atoms with E-state index < -0.39 is 10.7 Å². The Morgan fingerprint density at radius 1 is 1.00 bits per heavy atom. The van der Waals surface area contributed by atoms with E-state index in [1.165, 1.54) is 18.2 Å². The van der Waals surface area contributed by atoms with Crippen molar-refractivity contribution in [2.45, 2.75) is 0 Å². The third-order valence-corrected chi connectivity index (χ3v) is 3.77. The first-order chi connectivity index (χ1) is 10.1. The molecular formula is C16H9BrFNO2. The SMILES string of the molecule is O=[N+]([O-])c1ccc(Br)cc1-c1cc(F)cc2ccccc12. The van der Waals surface area contributed by atoms with E-state index in [1.54, 1.807) is 24.3 Å². The van der Waals surface area contributed by atoms with E-state index in [0.717, 1.165) is 5.39 Å². The lowest BCUT2D eigenvalue weighted by atomic mass is 9.97. The van der Waals surface area contributed by atoms with Crippen molar-refractivity contribution in [2.75, 3.05) is 0 Å². The van der Waals surface area contributed by atoms with Gasteiger partial charge in [0.2, 0.25) is 0 Å². The maximum atomic E-state index is 13.8. The Hall–Kier alpha value is -2.27. The van der Waals surface area contributed by atoms with Crippen molar-refractivity contribution in [1.29, 1.82) is 0 Å². The molecule has 0 heterocycles. The van der Waals surface area contributed by atoms with Gasteiger partial charge in [-0.05, 0) is 40.6 Å². The second-order valence-corrected chi connectivity index (χ2v) is 5.51. The number of halogens is 2. The van der Waals surface area contributed by atoms with Crippen LogP contribution in [-0.4, -0.2) is 4.92 Å². The molecule has 0 amide bonds. The molecule has 0 saturated heterocycles. The zero-order valence-corrected chi connectivity index (χ0v) is 12.3. The number of nitrogens with zero attached hydrogens (tertiary/aromatic N) is 1. The average molecular weight is 346 g/mol. The van der Waals surface area contributed by atoms with Crippen LogP contribution in [0.15, 0.2) is 59.1 Å². The van der Waals surface area contributed by atoms with Gasteiger partial charge in [0.05, 0.1) is 10.5 Å². The van der Waals surface area contributed by atoms with Gasteiger partial charge in [0.15, 0.2) is 0 Å². The summed E-state index contributed by atoms with van der Waals surface area (Å²) in [6.45, 7) is 0. The Morgan fingerprint density at radius 2 is 1.76 bits per heavy atom. The molecule has 0 bridgehead atoms. The average Bonchev–Trinajstić information content (AvgIpc) is 2.45. The summed E-state index contributed by atoms with van der Waals surface area (Å²) >= 11 is 3.31. The van der Waals surface area contributed by atoms with Crippen molar-refractivity contribution in [3.05, 3.63) is 75.0 Å². The van der Waals surface area contributed by atoms with Crippen LogP contribution in [0, 0.1) is 15.9 Å². The van der Waals surface area contributed by atoms with Gasteiger partial charge >= 0.3 is 0 Å². The van der Waals surface area contributed by atoms with Crippen molar-refractivity contribution in [1.82, 2.24) is 0 Å².